The Kier molecular flexibility index (Phi) is 2.70. The van der Waals surface area contributed by atoms with Crippen molar-refractivity contribution in [1.82, 2.24) is 5.16 Å². The van der Waals surface area contributed by atoms with Crippen molar-refractivity contribution in [3.63, 3.8) is 0 Å². The molecule has 0 bridgehead atoms. The topological polar surface area (TPSA) is 55.3 Å². The predicted octanol–water partition coefficient (Wildman–Crippen LogP) is 2.52. The van der Waals surface area contributed by atoms with Gasteiger partial charge < -0.3 is 15.2 Å². The highest BCUT2D eigenvalue weighted by atomic mass is 16.5. The Labute approximate surface area is 106 Å². The van der Waals surface area contributed by atoms with Crippen molar-refractivity contribution in [3.8, 4) is 0 Å². The molecular formula is C14H17N3O. The minimum absolute atomic E-state index is 0.776. The first-order valence-corrected chi connectivity index (χ1v) is 6.28. The standard InChI is InChI=1S/C14H17N3O/c1-10-7-13(18-16-10)9-17-6-2-3-11-8-12(15)4-5-14(11)17/h4-5,7-8H,2-3,6,9,15H2,1H3. The van der Waals surface area contributed by atoms with Gasteiger partial charge in [0.1, 0.15) is 0 Å². The van der Waals surface area contributed by atoms with Gasteiger partial charge >= 0.3 is 0 Å². The molecule has 0 spiro atoms. The number of aromatic nitrogens is 1. The van der Waals surface area contributed by atoms with Crippen molar-refractivity contribution >= 4 is 11.4 Å². The average molecular weight is 243 g/mol. The molecule has 1 aromatic carbocycles. The first-order chi connectivity index (χ1) is 8.72. The summed E-state index contributed by atoms with van der Waals surface area (Å²) in [5, 5.41) is 3.93. The second-order valence-electron chi connectivity index (χ2n) is 4.85. The maximum Gasteiger partial charge on any atom is 0.156 e. The van der Waals surface area contributed by atoms with Crippen LogP contribution in [0.25, 0.3) is 0 Å². The molecular weight excluding hydrogens is 226 g/mol. The molecule has 4 heteroatoms. The highest BCUT2D eigenvalue weighted by molar-refractivity contribution is 5.61. The highest BCUT2D eigenvalue weighted by Gasteiger charge is 2.18. The molecule has 0 radical (unpaired) electrons. The first kappa shape index (κ1) is 11.1. The molecule has 4 nitrogen and oxygen atoms in total. The first-order valence-electron chi connectivity index (χ1n) is 6.28. The van der Waals surface area contributed by atoms with Crippen molar-refractivity contribution in [2.24, 2.45) is 0 Å². The van der Waals surface area contributed by atoms with E-state index < -0.39 is 0 Å². The summed E-state index contributed by atoms with van der Waals surface area (Å²) in [4.78, 5) is 2.33. The minimum atomic E-state index is 0.776. The number of hydrogen-bond donors (Lipinski definition) is 1. The number of aryl methyl sites for hydroxylation is 2. The summed E-state index contributed by atoms with van der Waals surface area (Å²) in [6.45, 7) is 3.77. The third-order valence-electron chi connectivity index (χ3n) is 3.34. The van der Waals surface area contributed by atoms with Gasteiger partial charge in [0.05, 0.1) is 12.2 Å². The van der Waals surface area contributed by atoms with E-state index in [9.17, 15) is 0 Å². The highest BCUT2D eigenvalue weighted by Crippen LogP contribution is 2.30. The number of benzene rings is 1. The molecule has 1 aliphatic rings. The Morgan fingerprint density at radius 1 is 1.39 bits per heavy atom. The van der Waals surface area contributed by atoms with Crippen LogP contribution in [-0.4, -0.2) is 11.7 Å². The van der Waals surface area contributed by atoms with Crippen molar-refractivity contribution < 1.29 is 4.52 Å². The molecule has 0 amide bonds. The number of anilines is 2. The van der Waals surface area contributed by atoms with E-state index in [0.717, 1.165) is 43.1 Å². The molecule has 2 aromatic rings. The number of fused-ring (bicyclic) bond motifs is 1. The fraction of sp³-hybridized carbons (Fsp3) is 0.357. The van der Waals surface area contributed by atoms with Crippen LogP contribution in [0.3, 0.4) is 0 Å². The van der Waals surface area contributed by atoms with Crippen LogP contribution in [0.1, 0.15) is 23.4 Å². The Hall–Kier alpha value is -1.97. The summed E-state index contributed by atoms with van der Waals surface area (Å²) >= 11 is 0. The van der Waals surface area contributed by atoms with Crippen molar-refractivity contribution in [3.05, 3.63) is 41.3 Å². The molecule has 0 atom stereocenters. The van der Waals surface area contributed by atoms with Crippen LogP contribution in [0.4, 0.5) is 11.4 Å². The largest absolute Gasteiger partial charge is 0.399 e. The lowest BCUT2D eigenvalue weighted by molar-refractivity contribution is 0.376. The van der Waals surface area contributed by atoms with Gasteiger partial charge in [0.15, 0.2) is 5.76 Å². The van der Waals surface area contributed by atoms with Crippen LogP contribution >= 0.6 is 0 Å². The van der Waals surface area contributed by atoms with E-state index in [1.54, 1.807) is 0 Å². The molecule has 0 aliphatic carbocycles. The Balaban J connectivity index is 1.87. The summed E-state index contributed by atoms with van der Waals surface area (Å²) in [5.41, 5.74) is 10.2. The van der Waals surface area contributed by atoms with Gasteiger partial charge in [-0.25, -0.2) is 0 Å². The molecule has 18 heavy (non-hydrogen) atoms. The monoisotopic (exact) mass is 243 g/mol. The Morgan fingerprint density at radius 2 is 2.28 bits per heavy atom. The molecule has 0 unspecified atom stereocenters. The van der Waals surface area contributed by atoms with Crippen LogP contribution in [0.5, 0.6) is 0 Å². The number of nitrogen functional groups attached to an aromatic ring is 1. The lowest BCUT2D eigenvalue weighted by atomic mass is 10.0. The van der Waals surface area contributed by atoms with Crippen LogP contribution in [0.15, 0.2) is 28.8 Å². The zero-order chi connectivity index (χ0) is 12.5. The Bertz CT molecular complexity index is 562. The second-order valence-corrected chi connectivity index (χ2v) is 4.85. The third-order valence-corrected chi connectivity index (χ3v) is 3.34. The molecule has 1 aromatic heterocycles. The van der Waals surface area contributed by atoms with Gasteiger partial charge in [-0.15, -0.1) is 0 Å². The fourth-order valence-electron chi connectivity index (χ4n) is 2.54. The van der Waals surface area contributed by atoms with Gasteiger partial charge in [0, 0.05) is 24.0 Å². The fourth-order valence-corrected chi connectivity index (χ4v) is 2.54. The van der Waals surface area contributed by atoms with E-state index in [1.807, 2.05) is 19.1 Å². The molecule has 2 heterocycles. The summed E-state index contributed by atoms with van der Waals surface area (Å²) in [6, 6.07) is 8.13. The second kappa shape index (κ2) is 4.37. The molecule has 0 saturated carbocycles. The lowest BCUT2D eigenvalue weighted by Gasteiger charge is -2.30. The maximum atomic E-state index is 5.84. The van der Waals surface area contributed by atoms with E-state index in [2.05, 4.69) is 22.2 Å². The summed E-state index contributed by atoms with van der Waals surface area (Å²) in [7, 11) is 0. The van der Waals surface area contributed by atoms with E-state index in [-0.39, 0.29) is 0 Å². The van der Waals surface area contributed by atoms with Crippen LogP contribution in [0, 0.1) is 6.92 Å². The van der Waals surface area contributed by atoms with Crippen molar-refractivity contribution in [2.45, 2.75) is 26.3 Å². The van der Waals surface area contributed by atoms with Gasteiger partial charge in [-0.05, 0) is 43.5 Å². The number of nitrogens with zero attached hydrogens (tertiary/aromatic N) is 2. The zero-order valence-electron chi connectivity index (χ0n) is 10.5. The van der Waals surface area contributed by atoms with Crippen LogP contribution in [0.2, 0.25) is 0 Å². The quantitative estimate of drug-likeness (QED) is 0.823. The molecule has 1 aliphatic heterocycles. The molecule has 2 N–H and O–H groups in total. The van der Waals surface area contributed by atoms with Gasteiger partial charge in [-0.3, -0.25) is 0 Å². The van der Waals surface area contributed by atoms with Gasteiger partial charge in [-0.2, -0.15) is 0 Å². The maximum absolute atomic E-state index is 5.84. The SMILES string of the molecule is Cc1cc(CN2CCCc3cc(N)ccc32)on1. The van der Waals surface area contributed by atoms with Gasteiger partial charge in [0.25, 0.3) is 0 Å². The zero-order valence-corrected chi connectivity index (χ0v) is 10.5. The van der Waals surface area contributed by atoms with E-state index >= 15 is 0 Å². The molecule has 0 saturated heterocycles. The predicted molar refractivity (Wildman–Crippen MR) is 71.5 cm³/mol. The minimum Gasteiger partial charge on any atom is -0.399 e. The summed E-state index contributed by atoms with van der Waals surface area (Å²) in [5.74, 6) is 0.914. The normalized spacial score (nSPS) is 14.6. The number of hydrogen-bond acceptors (Lipinski definition) is 4. The van der Waals surface area contributed by atoms with E-state index in [0.29, 0.717) is 0 Å². The summed E-state index contributed by atoms with van der Waals surface area (Å²) in [6.07, 6.45) is 2.26. The van der Waals surface area contributed by atoms with Crippen molar-refractivity contribution in [1.29, 1.82) is 0 Å². The van der Waals surface area contributed by atoms with Gasteiger partial charge in [-0.1, -0.05) is 5.16 Å². The third kappa shape index (κ3) is 2.06. The van der Waals surface area contributed by atoms with E-state index in [4.69, 9.17) is 10.3 Å². The smallest absolute Gasteiger partial charge is 0.156 e. The molecule has 3 rings (SSSR count). The lowest BCUT2D eigenvalue weighted by Crippen LogP contribution is -2.28. The number of nitrogens with two attached hydrogens (primary N) is 1. The van der Waals surface area contributed by atoms with Crippen LogP contribution < -0.4 is 10.6 Å². The van der Waals surface area contributed by atoms with E-state index in [1.165, 1.54) is 11.3 Å². The molecule has 0 fully saturated rings. The molecule has 94 valence electrons. The Morgan fingerprint density at radius 3 is 3.06 bits per heavy atom. The van der Waals surface area contributed by atoms with Gasteiger partial charge in [0.2, 0.25) is 0 Å². The van der Waals surface area contributed by atoms with Crippen molar-refractivity contribution in [2.75, 3.05) is 17.2 Å². The van der Waals surface area contributed by atoms with Crippen LogP contribution in [-0.2, 0) is 13.0 Å². The average Bonchev–Trinajstić information content (AvgIpc) is 2.75. The number of rotatable bonds is 2. The summed E-state index contributed by atoms with van der Waals surface area (Å²) < 4.78 is 5.29.